The summed E-state index contributed by atoms with van der Waals surface area (Å²) in [5.41, 5.74) is 6.19. The molecule has 3 fully saturated rings. The van der Waals surface area contributed by atoms with E-state index < -0.39 is 17.9 Å². The molecule has 6 heteroatoms. The maximum Gasteiger partial charge on any atom is 0.189 e. The minimum absolute atomic E-state index is 0.170. The number of fused-ring (bicyclic) bond motifs is 1. The van der Waals surface area contributed by atoms with Crippen molar-refractivity contribution in [2.75, 3.05) is 6.61 Å². The molecule has 0 saturated carbocycles. The zero-order valence-corrected chi connectivity index (χ0v) is 11.2. The van der Waals surface area contributed by atoms with Crippen LogP contribution < -0.4 is 5.73 Å². The molecule has 0 spiro atoms. The molecule has 0 aromatic heterocycles. The lowest BCUT2D eigenvalue weighted by molar-refractivity contribution is -0.222. The Kier molecular flexibility index (Phi) is 2.75. The molecule has 3 aliphatic heterocycles. The van der Waals surface area contributed by atoms with Crippen LogP contribution >= 0.6 is 0 Å². The molecule has 3 heterocycles. The molecule has 0 aliphatic carbocycles. The highest BCUT2D eigenvalue weighted by Gasteiger charge is 2.56. The predicted octanol–water partition coefficient (Wildman–Crippen LogP) is 0.342. The Balaban J connectivity index is 1.68. The van der Waals surface area contributed by atoms with E-state index in [0.29, 0.717) is 6.61 Å². The van der Waals surface area contributed by atoms with E-state index in [1.807, 2.05) is 27.7 Å². The van der Waals surface area contributed by atoms with Crippen LogP contribution in [0.4, 0.5) is 0 Å². The van der Waals surface area contributed by atoms with Crippen LogP contribution in [0.15, 0.2) is 0 Å². The highest BCUT2D eigenvalue weighted by atomic mass is 16.8. The summed E-state index contributed by atoms with van der Waals surface area (Å²) < 4.78 is 28.6. The van der Waals surface area contributed by atoms with Gasteiger partial charge in [0.05, 0.1) is 12.6 Å². The lowest BCUT2D eigenvalue weighted by Crippen LogP contribution is -2.47. The summed E-state index contributed by atoms with van der Waals surface area (Å²) in [6.45, 7) is 7.95. The fourth-order valence-corrected chi connectivity index (χ4v) is 2.77. The van der Waals surface area contributed by atoms with Gasteiger partial charge in [-0.25, -0.2) is 0 Å². The molecule has 3 aliphatic rings. The fraction of sp³-hybridized carbons (Fsp3) is 1.00. The molecule has 3 saturated heterocycles. The van der Waals surface area contributed by atoms with E-state index in [4.69, 9.17) is 29.4 Å². The number of rotatable bonds is 1. The average Bonchev–Trinajstić information content (AvgIpc) is 2.81. The third kappa shape index (κ3) is 2.07. The van der Waals surface area contributed by atoms with Gasteiger partial charge in [0.2, 0.25) is 0 Å². The zero-order valence-electron chi connectivity index (χ0n) is 11.2. The first-order valence-corrected chi connectivity index (χ1v) is 6.36. The van der Waals surface area contributed by atoms with Crippen LogP contribution in [0.5, 0.6) is 0 Å². The Morgan fingerprint density at radius 2 is 1.67 bits per heavy atom. The summed E-state index contributed by atoms with van der Waals surface area (Å²) in [4.78, 5) is 0. The molecule has 104 valence electrons. The summed E-state index contributed by atoms with van der Waals surface area (Å²) in [5, 5.41) is 0. The summed E-state index contributed by atoms with van der Waals surface area (Å²) in [6, 6.07) is -0.265. The van der Waals surface area contributed by atoms with Crippen LogP contribution in [0.3, 0.4) is 0 Å². The maximum absolute atomic E-state index is 6.19. The van der Waals surface area contributed by atoms with Crippen LogP contribution in [0.2, 0.25) is 0 Å². The zero-order chi connectivity index (χ0) is 13.1. The SMILES string of the molecule is CC1(C)O[C@H]2O[C@H]([C@H]3COC(C)(C)O3)[C@@H](N)[C@@H]2O1. The van der Waals surface area contributed by atoms with Crippen LogP contribution in [0.1, 0.15) is 27.7 Å². The number of hydrogen-bond acceptors (Lipinski definition) is 6. The molecule has 0 amide bonds. The van der Waals surface area contributed by atoms with E-state index in [-0.39, 0.29) is 24.4 Å². The van der Waals surface area contributed by atoms with Crippen molar-refractivity contribution in [2.24, 2.45) is 5.73 Å². The van der Waals surface area contributed by atoms with Gasteiger partial charge in [0.25, 0.3) is 0 Å². The molecule has 0 aromatic carbocycles. The van der Waals surface area contributed by atoms with Crippen LogP contribution in [-0.2, 0) is 23.7 Å². The van der Waals surface area contributed by atoms with Gasteiger partial charge in [-0.2, -0.15) is 0 Å². The molecule has 0 radical (unpaired) electrons. The van der Waals surface area contributed by atoms with Gasteiger partial charge >= 0.3 is 0 Å². The number of ether oxygens (including phenoxy) is 5. The summed E-state index contributed by atoms with van der Waals surface area (Å²) in [5.74, 6) is -1.21. The van der Waals surface area contributed by atoms with Crippen molar-refractivity contribution in [1.82, 2.24) is 0 Å². The molecule has 18 heavy (non-hydrogen) atoms. The maximum atomic E-state index is 6.19. The minimum Gasteiger partial charge on any atom is -0.348 e. The first kappa shape index (κ1) is 12.8. The molecular weight excluding hydrogens is 238 g/mol. The molecule has 2 N–H and O–H groups in total. The monoisotopic (exact) mass is 259 g/mol. The van der Waals surface area contributed by atoms with Crippen molar-refractivity contribution in [3.63, 3.8) is 0 Å². The average molecular weight is 259 g/mol. The van der Waals surface area contributed by atoms with Gasteiger partial charge in [0.1, 0.15) is 18.3 Å². The van der Waals surface area contributed by atoms with Crippen molar-refractivity contribution in [1.29, 1.82) is 0 Å². The van der Waals surface area contributed by atoms with Gasteiger partial charge in [-0.05, 0) is 27.7 Å². The van der Waals surface area contributed by atoms with Gasteiger partial charge in [0, 0.05) is 0 Å². The first-order chi connectivity index (χ1) is 8.27. The summed E-state index contributed by atoms with van der Waals surface area (Å²) >= 11 is 0. The standard InChI is InChI=1S/C12H21NO5/c1-11(2)14-5-6(16-11)8-7(13)9-10(15-8)18-12(3,4)17-9/h6-10H,5,13H2,1-4H3/t6-,7-,8-,9+,10-/m1/s1. The van der Waals surface area contributed by atoms with Gasteiger partial charge in [-0.1, -0.05) is 0 Å². The summed E-state index contributed by atoms with van der Waals surface area (Å²) in [7, 11) is 0. The second-order valence-electron chi connectivity index (χ2n) is 6.01. The van der Waals surface area contributed by atoms with Crippen molar-refractivity contribution in [2.45, 2.75) is 69.9 Å². The first-order valence-electron chi connectivity index (χ1n) is 6.36. The lowest BCUT2D eigenvalue weighted by Gasteiger charge is -2.26. The van der Waals surface area contributed by atoms with E-state index in [9.17, 15) is 0 Å². The highest BCUT2D eigenvalue weighted by molar-refractivity contribution is 4.99. The fourth-order valence-electron chi connectivity index (χ4n) is 2.77. The van der Waals surface area contributed by atoms with E-state index in [2.05, 4.69) is 0 Å². The lowest BCUT2D eigenvalue weighted by atomic mass is 10.0. The topological polar surface area (TPSA) is 72.2 Å². The van der Waals surface area contributed by atoms with Crippen molar-refractivity contribution in [3.8, 4) is 0 Å². The predicted molar refractivity (Wildman–Crippen MR) is 61.6 cm³/mol. The third-order valence-corrected chi connectivity index (χ3v) is 3.53. The molecule has 0 unspecified atom stereocenters. The molecule has 6 nitrogen and oxygen atoms in total. The normalized spacial score (nSPS) is 49.5. The summed E-state index contributed by atoms with van der Waals surface area (Å²) in [6.07, 6.45) is -1.07. The van der Waals surface area contributed by atoms with Gasteiger partial charge < -0.3 is 29.4 Å². The van der Waals surface area contributed by atoms with Crippen LogP contribution in [-0.4, -0.2) is 48.8 Å². The molecule has 3 rings (SSSR count). The molecule has 0 bridgehead atoms. The Bertz CT molecular complexity index is 345. The van der Waals surface area contributed by atoms with Crippen molar-refractivity contribution < 1.29 is 23.7 Å². The second-order valence-corrected chi connectivity index (χ2v) is 6.01. The Labute approximate surface area is 107 Å². The van der Waals surface area contributed by atoms with Crippen LogP contribution in [0, 0.1) is 0 Å². The van der Waals surface area contributed by atoms with E-state index >= 15 is 0 Å². The molecule has 0 aromatic rings. The van der Waals surface area contributed by atoms with Gasteiger partial charge in [-0.3, -0.25) is 0 Å². The van der Waals surface area contributed by atoms with Gasteiger partial charge in [0.15, 0.2) is 17.9 Å². The Morgan fingerprint density at radius 1 is 0.944 bits per heavy atom. The smallest absolute Gasteiger partial charge is 0.189 e. The van der Waals surface area contributed by atoms with Crippen molar-refractivity contribution in [3.05, 3.63) is 0 Å². The quantitative estimate of drug-likeness (QED) is 0.732. The Hall–Kier alpha value is -0.240. The Morgan fingerprint density at radius 3 is 2.22 bits per heavy atom. The molecule has 5 atom stereocenters. The molecular formula is C12H21NO5. The van der Waals surface area contributed by atoms with E-state index in [1.54, 1.807) is 0 Å². The minimum atomic E-state index is -0.635. The van der Waals surface area contributed by atoms with E-state index in [1.165, 1.54) is 0 Å². The number of nitrogens with two attached hydrogens (primary N) is 1. The van der Waals surface area contributed by atoms with E-state index in [0.717, 1.165) is 0 Å². The van der Waals surface area contributed by atoms with Gasteiger partial charge in [-0.15, -0.1) is 0 Å². The van der Waals surface area contributed by atoms with Crippen molar-refractivity contribution >= 4 is 0 Å². The largest absolute Gasteiger partial charge is 0.348 e. The van der Waals surface area contributed by atoms with Crippen LogP contribution in [0.25, 0.3) is 0 Å². The second kappa shape index (κ2) is 3.88. The third-order valence-electron chi connectivity index (χ3n) is 3.53. The number of hydrogen-bond donors (Lipinski definition) is 1. The highest BCUT2D eigenvalue weighted by Crippen LogP contribution is 2.39.